The molecule has 3 rings (SSSR count). The van der Waals surface area contributed by atoms with Crippen molar-refractivity contribution in [1.29, 1.82) is 0 Å². The second-order valence-electron chi connectivity index (χ2n) is 3.37. The standard InChI is InChI=1S/C12H8N2O2/c15-8-9-12(10-4-3-7-16-10)13-11-5-1-2-6-14(9)11/h1-8H. The first-order valence-electron chi connectivity index (χ1n) is 4.86. The van der Waals surface area contributed by atoms with Gasteiger partial charge in [0, 0.05) is 6.20 Å². The molecule has 4 nitrogen and oxygen atoms in total. The van der Waals surface area contributed by atoms with E-state index in [1.165, 1.54) is 0 Å². The van der Waals surface area contributed by atoms with E-state index in [4.69, 9.17) is 4.42 Å². The van der Waals surface area contributed by atoms with Gasteiger partial charge in [-0.25, -0.2) is 4.98 Å². The number of pyridine rings is 1. The molecule has 0 unspecified atom stereocenters. The zero-order valence-corrected chi connectivity index (χ0v) is 8.33. The van der Waals surface area contributed by atoms with Crippen LogP contribution in [0.15, 0.2) is 47.2 Å². The van der Waals surface area contributed by atoms with Crippen LogP contribution in [0.1, 0.15) is 10.5 Å². The van der Waals surface area contributed by atoms with Gasteiger partial charge in [-0.3, -0.25) is 9.20 Å². The van der Waals surface area contributed by atoms with Crippen molar-refractivity contribution in [3.63, 3.8) is 0 Å². The van der Waals surface area contributed by atoms with Crippen molar-refractivity contribution in [3.05, 3.63) is 48.5 Å². The van der Waals surface area contributed by atoms with Crippen LogP contribution < -0.4 is 0 Å². The summed E-state index contributed by atoms with van der Waals surface area (Å²) in [6.07, 6.45) is 4.16. The van der Waals surface area contributed by atoms with Crippen LogP contribution in [0.5, 0.6) is 0 Å². The lowest BCUT2D eigenvalue weighted by molar-refractivity contribution is 0.111. The van der Waals surface area contributed by atoms with Gasteiger partial charge in [0.15, 0.2) is 12.0 Å². The third-order valence-electron chi connectivity index (χ3n) is 2.43. The van der Waals surface area contributed by atoms with E-state index < -0.39 is 0 Å². The highest BCUT2D eigenvalue weighted by Gasteiger charge is 2.14. The summed E-state index contributed by atoms with van der Waals surface area (Å²) in [6.45, 7) is 0. The maximum absolute atomic E-state index is 11.1. The first-order chi connectivity index (χ1) is 7.90. The fraction of sp³-hybridized carbons (Fsp3) is 0. The second-order valence-corrected chi connectivity index (χ2v) is 3.37. The second kappa shape index (κ2) is 3.34. The van der Waals surface area contributed by atoms with Crippen LogP contribution in [0.2, 0.25) is 0 Å². The summed E-state index contributed by atoms with van der Waals surface area (Å²) in [6, 6.07) is 9.14. The Morgan fingerprint density at radius 3 is 2.94 bits per heavy atom. The van der Waals surface area contributed by atoms with E-state index in [0.29, 0.717) is 17.1 Å². The van der Waals surface area contributed by atoms with Crippen molar-refractivity contribution in [1.82, 2.24) is 9.38 Å². The van der Waals surface area contributed by atoms with E-state index in [0.717, 1.165) is 11.9 Å². The van der Waals surface area contributed by atoms with E-state index in [9.17, 15) is 4.79 Å². The monoisotopic (exact) mass is 212 g/mol. The SMILES string of the molecule is O=Cc1c(-c2ccco2)nc2ccccn12. The number of hydrogen-bond acceptors (Lipinski definition) is 3. The molecular formula is C12H8N2O2. The first-order valence-corrected chi connectivity index (χ1v) is 4.86. The maximum atomic E-state index is 11.1. The lowest BCUT2D eigenvalue weighted by atomic mass is 10.3. The van der Waals surface area contributed by atoms with Crippen LogP contribution >= 0.6 is 0 Å². The van der Waals surface area contributed by atoms with Gasteiger partial charge in [-0.2, -0.15) is 0 Å². The third kappa shape index (κ3) is 1.16. The molecule has 0 aliphatic rings. The van der Waals surface area contributed by atoms with Crippen molar-refractivity contribution in [2.45, 2.75) is 0 Å². The molecule has 0 saturated carbocycles. The van der Waals surface area contributed by atoms with E-state index in [1.54, 1.807) is 29.0 Å². The molecule has 3 aromatic rings. The topological polar surface area (TPSA) is 47.5 Å². The number of imidazole rings is 1. The van der Waals surface area contributed by atoms with Crippen molar-refractivity contribution < 1.29 is 9.21 Å². The average molecular weight is 212 g/mol. The Morgan fingerprint density at radius 2 is 2.19 bits per heavy atom. The number of rotatable bonds is 2. The van der Waals surface area contributed by atoms with Gasteiger partial charge in [-0.1, -0.05) is 6.07 Å². The van der Waals surface area contributed by atoms with Gasteiger partial charge in [0.05, 0.1) is 6.26 Å². The molecule has 0 amide bonds. The average Bonchev–Trinajstić information content (AvgIpc) is 2.95. The minimum absolute atomic E-state index is 0.505. The summed E-state index contributed by atoms with van der Waals surface area (Å²) in [5.74, 6) is 0.603. The quantitative estimate of drug-likeness (QED) is 0.613. The molecule has 0 N–H and O–H groups in total. The van der Waals surface area contributed by atoms with E-state index in [-0.39, 0.29) is 0 Å². The number of fused-ring (bicyclic) bond motifs is 1. The third-order valence-corrected chi connectivity index (χ3v) is 2.43. The van der Waals surface area contributed by atoms with Crippen LogP contribution in [0.3, 0.4) is 0 Å². The molecule has 3 aromatic heterocycles. The van der Waals surface area contributed by atoms with Crippen LogP contribution in [-0.2, 0) is 0 Å². The summed E-state index contributed by atoms with van der Waals surface area (Å²) in [5, 5.41) is 0. The Bertz CT molecular complexity index is 638. The number of carbonyl (C=O) groups excluding carboxylic acids is 1. The van der Waals surface area contributed by atoms with Crippen LogP contribution in [0, 0.1) is 0 Å². The highest BCUT2D eigenvalue weighted by Crippen LogP contribution is 2.23. The predicted octanol–water partition coefficient (Wildman–Crippen LogP) is 2.41. The van der Waals surface area contributed by atoms with Crippen molar-refractivity contribution in [3.8, 4) is 11.5 Å². The Balaban J connectivity index is 2.37. The van der Waals surface area contributed by atoms with E-state index >= 15 is 0 Å². The number of furan rings is 1. The zero-order valence-electron chi connectivity index (χ0n) is 8.33. The van der Waals surface area contributed by atoms with E-state index in [2.05, 4.69) is 4.98 Å². The Kier molecular flexibility index (Phi) is 1.86. The van der Waals surface area contributed by atoms with Gasteiger partial charge >= 0.3 is 0 Å². The molecule has 0 aliphatic carbocycles. The normalized spacial score (nSPS) is 10.8. The minimum atomic E-state index is 0.505. The molecule has 0 aromatic carbocycles. The summed E-state index contributed by atoms with van der Waals surface area (Å²) < 4.78 is 7.00. The van der Waals surface area contributed by atoms with Gasteiger partial charge in [-0.05, 0) is 24.3 Å². The number of nitrogens with zero attached hydrogens (tertiary/aromatic N) is 2. The van der Waals surface area contributed by atoms with Gasteiger partial charge < -0.3 is 4.42 Å². The molecule has 0 bridgehead atoms. The Hall–Kier alpha value is -2.36. The fourth-order valence-electron chi connectivity index (χ4n) is 1.72. The molecule has 0 aliphatic heterocycles. The molecular weight excluding hydrogens is 204 g/mol. The van der Waals surface area contributed by atoms with Crippen LogP contribution in [0.25, 0.3) is 17.1 Å². The highest BCUT2D eigenvalue weighted by atomic mass is 16.3. The summed E-state index contributed by atoms with van der Waals surface area (Å²) in [4.78, 5) is 15.5. The smallest absolute Gasteiger partial charge is 0.169 e. The number of aldehydes is 1. The Morgan fingerprint density at radius 1 is 1.25 bits per heavy atom. The fourth-order valence-corrected chi connectivity index (χ4v) is 1.72. The Labute approximate surface area is 91.1 Å². The molecule has 0 radical (unpaired) electrons. The number of carbonyl (C=O) groups is 1. The van der Waals surface area contributed by atoms with Gasteiger partial charge in [0.25, 0.3) is 0 Å². The largest absolute Gasteiger partial charge is 0.463 e. The molecule has 0 fully saturated rings. The maximum Gasteiger partial charge on any atom is 0.169 e. The predicted molar refractivity (Wildman–Crippen MR) is 58.3 cm³/mol. The van der Waals surface area contributed by atoms with Crippen molar-refractivity contribution >= 4 is 11.9 Å². The molecule has 0 atom stereocenters. The molecule has 4 heteroatoms. The first kappa shape index (κ1) is 8.91. The molecule has 16 heavy (non-hydrogen) atoms. The molecule has 3 heterocycles. The summed E-state index contributed by atoms with van der Waals surface area (Å²) >= 11 is 0. The van der Waals surface area contributed by atoms with Crippen LogP contribution in [0.4, 0.5) is 0 Å². The summed E-state index contributed by atoms with van der Waals surface area (Å²) in [7, 11) is 0. The molecule has 0 spiro atoms. The lowest BCUT2D eigenvalue weighted by Gasteiger charge is -1.93. The molecule has 78 valence electrons. The lowest BCUT2D eigenvalue weighted by Crippen LogP contribution is -1.90. The van der Waals surface area contributed by atoms with Crippen molar-refractivity contribution in [2.75, 3.05) is 0 Å². The molecule has 0 saturated heterocycles. The highest BCUT2D eigenvalue weighted by molar-refractivity contribution is 5.84. The van der Waals surface area contributed by atoms with Crippen LogP contribution in [-0.4, -0.2) is 15.7 Å². The van der Waals surface area contributed by atoms with Gasteiger partial charge in [-0.15, -0.1) is 0 Å². The number of aromatic nitrogens is 2. The minimum Gasteiger partial charge on any atom is -0.463 e. The zero-order chi connectivity index (χ0) is 11.0. The summed E-state index contributed by atoms with van der Waals surface area (Å²) in [5.41, 5.74) is 1.81. The number of hydrogen-bond donors (Lipinski definition) is 0. The van der Waals surface area contributed by atoms with Gasteiger partial charge in [0.2, 0.25) is 0 Å². The van der Waals surface area contributed by atoms with Gasteiger partial charge in [0.1, 0.15) is 17.0 Å². The van der Waals surface area contributed by atoms with E-state index in [1.807, 2.05) is 18.2 Å². The van der Waals surface area contributed by atoms with Crippen molar-refractivity contribution in [2.24, 2.45) is 0 Å².